The van der Waals surface area contributed by atoms with Crippen LogP contribution in [0.1, 0.15) is 18.9 Å². The number of halogens is 3. The van der Waals surface area contributed by atoms with Crippen LogP contribution in [0.15, 0.2) is 24.3 Å². The van der Waals surface area contributed by atoms with E-state index in [1.807, 2.05) is 0 Å². The standard InChI is InChI=1S/C13H15F3N2O3/c1-8(7-11(19)21-2)17-12(20)18-10-5-3-9(4-6-10)13(14,15)16/h3-6,8H,7H2,1-2H3,(H2,17,18,20). The molecule has 21 heavy (non-hydrogen) atoms. The molecule has 0 saturated heterocycles. The first kappa shape index (κ1) is 16.8. The van der Waals surface area contributed by atoms with Gasteiger partial charge in [-0.3, -0.25) is 4.79 Å². The smallest absolute Gasteiger partial charge is 0.416 e. The number of benzene rings is 1. The van der Waals surface area contributed by atoms with Gasteiger partial charge in [0.15, 0.2) is 0 Å². The average Bonchev–Trinajstić information content (AvgIpc) is 2.37. The fraction of sp³-hybridized carbons (Fsp3) is 0.385. The highest BCUT2D eigenvalue weighted by atomic mass is 19.4. The maximum absolute atomic E-state index is 12.4. The van der Waals surface area contributed by atoms with E-state index in [4.69, 9.17) is 0 Å². The minimum absolute atomic E-state index is 0.00304. The van der Waals surface area contributed by atoms with Gasteiger partial charge < -0.3 is 15.4 Å². The van der Waals surface area contributed by atoms with Crippen molar-refractivity contribution in [3.63, 3.8) is 0 Å². The van der Waals surface area contributed by atoms with E-state index >= 15 is 0 Å². The fourth-order valence-corrected chi connectivity index (χ4v) is 1.52. The molecule has 1 aromatic rings. The van der Waals surface area contributed by atoms with Crippen molar-refractivity contribution < 1.29 is 27.5 Å². The molecule has 1 unspecified atom stereocenters. The number of esters is 1. The summed E-state index contributed by atoms with van der Waals surface area (Å²) in [7, 11) is 1.23. The van der Waals surface area contributed by atoms with Gasteiger partial charge in [-0.25, -0.2) is 4.79 Å². The Balaban J connectivity index is 2.53. The molecule has 0 radical (unpaired) electrons. The lowest BCUT2D eigenvalue weighted by molar-refractivity contribution is -0.141. The predicted molar refractivity (Wildman–Crippen MR) is 69.7 cm³/mol. The van der Waals surface area contributed by atoms with E-state index in [1.165, 1.54) is 7.11 Å². The number of nitrogens with one attached hydrogen (secondary N) is 2. The van der Waals surface area contributed by atoms with Gasteiger partial charge in [-0.1, -0.05) is 0 Å². The molecular weight excluding hydrogens is 289 g/mol. The van der Waals surface area contributed by atoms with E-state index in [1.54, 1.807) is 6.92 Å². The molecule has 5 nitrogen and oxygen atoms in total. The van der Waals surface area contributed by atoms with Crippen molar-refractivity contribution in [3.05, 3.63) is 29.8 Å². The highest BCUT2D eigenvalue weighted by molar-refractivity contribution is 5.89. The summed E-state index contributed by atoms with van der Waals surface area (Å²) in [4.78, 5) is 22.6. The Kier molecular flexibility index (Phi) is 5.57. The van der Waals surface area contributed by atoms with Gasteiger partial charge in [-0.05, 0) is 31.2 Å². The van der Waals surface area contributed by atoms with Crippen LogP contribution < -0.4 is 10.6 Å². The average molecular weight is 304 g/mol. The number of carbonyl (C=O) groups excluding carboxylic acids is 2. The Morgan fingerprint density at radius 2 is 1.81 bits per heavy atom. The third-order valence-corrected chi connectivity index (χ3v) is 2.55. The number of amides is 2. The molecule has 0 aliphatic heterocycles. The molecular formula is C13H15F3N2O3. The summed E-state index contributed by atoms with van der Waals surface area (Å²) in [6.45, 7) is 1.60. The molecule has 0 aromatic heterocycles. The van der Waals surface area contributed by atoms with Crippen molar-refractivity contribution in [2.24, 2.45) is 0 Å². The predicted octanol–water partition coefficient (Wildman–Crippen LogP) is 2.78. The topological polar surface area (TPSA) is 67.4 Å². The minimum atomic E-state index is -4.42. The molecule has 116 valence electrons. The van der Waals surface area contributed by atoms with Crippen LogP contribution in [0.5, 0.6) is 0 Å². The Morgan fingerprint density at radius 1 is 1.24 bits per heavy atom. The number of rotatable bonds is 4. The molecule has 2 amide bonds. The van der Waals surface area contributed by atoms with Crippen molar-refractivity contribution in [1.29, 1.82) is 0 Å². The molecule has 0 heterocycles. The van der Waals surface area contributed by atoms with Crippen LogP contribution in [-0.4, -0.2) is 25.2 Å². The SMILES string of the molecule is COC(=O)CC(C)NC(=O)Nc1ccc(C(F)(F)F)cc1. The fourth-order valence-electron chi connectivity index (χ4n) is 1.52. The summed E-state index contributed by atoms with van der Waals surface area (Å²) in [6, 6.07) is 2.94. The van der Waals surface area contributed by atoms with Gasteiger partial charge >= 0.3 is 18.2 Å². The zero-order valence-corrected chi connectivity index (χ0v) is 11.5. The van der Waals surface area contributed by atoms with Crippen LogP contribution in [-0.2, 0) is 15.7 Å². The molecule has 1 atom stereocenters. The van der Waals surface area contributed by atoms with E-state index in [0.717, 1.165) is 24.3 Å². The molecule has 2 N–H and O–H groups in total. The minimum Gasteiger partial charge on any atom is -0.469 e. The van der Waals surface area contributed by atoms with Crippen LogP contribution in [0, 0.1) is 0 Å². The molecule has 0 fully saturated rings. The summed E-state index contributed by atoms with van der Waals surface area (Å²) < 4.78 is 41.5. The van der Waals surface area contributed by atoms with Crippen LogP contribution >= 0.6 is 0 Å². The van der Waals surface area contributed by atoms with Crippen LogP contribution in [0.2, 0.25) is 0 Å². The third-order valence-electron chi connectivity index (χ3n) is 2.55. The highest BCUT2D eigenvalue weighted by Crippen LogP contribution is 2.29. The van der Waals surface area contributed by atoms with Crippen molar-refractivity contribution in [2.45, 2.75) is 25.6 Å². The zero-order chi connectivity index (χ0) is 16.0. The summed E-state index contributed by atoms with van der Waals surface area (Å²) in [5.41, 5.74) is -0.585. The zero-order valence-electron chi connectivity index (χ0n) is 11.5. The number of alkyl halides is 3. The van der Waals surface area contributed by atoms with Crippen molar-refractivity contribution >= 4 is 17.7 Å². The summed E-state index contributed by atoms with van der Waals surface area (Å²) in [5.74, 6) is -0.475. The summed E-state index contributed by atoms with van der Waals surface area (Å²) >= 11 is 0. The van der Waals surface area contributed by atoms with Gasteiger partial charge in [0, 0.05) is 11.7 Å². The second kappa shape index (κ2) is 6.96. The Bertz CT molecular complexity index is 500. The van der Waals surface area contributed by atoms with Gasteiger partial charge in [0.2, 0.25) is 0 Å². The van der Waals surface area contributed by atoms with E-state index < -0.39 is 29.8 Å². The number of hydrogen-bond donors (Lipinski definition) is 2. The van der Waals surface area contributed by atoms with Crippen LogP contribution in [0.4, 0.5) is 23.7 Å². The van der Waals surface area contributed by atoms with Gasteiger partial charge in [0.25, 0.3) is 0 Å². The van der Waals surface area contributed by atoms with Gasteiger partial charge in [-0.2, -0.15) is 13.2 Å². The number of urea groups is 1. The molecule has 0 spiro atoms. The Hall–Kier alpha value is -2.25. The maximum Gasteiger partial charge on any atom is 0.416 e. The number of anilines is 1. The van der Waals surface area contributed by atoms with Crippen molar-refractivity contribution in [3.8, 4) is 0 Å². The monoisotopic (exact) mass is 304 g/mol. The molecule has 0 aliphatic carbocycles. The first-order valence-corrected chi connectivity index (χ1v) is 6.04. The third kappa shape index (κ3) is 5.72. The largest absolute Gasteiger partial charge is 0.469 e. The summed E-state index contributed by atoms with van der Waals surface area (Å²) in [6.07, 6.45) is -4.42. The van der Waals surface area contributed by atoms with E-state index in [2.05, 4.69) is 15.4 Å². The van der Waals surface area contributed by atoms with Gasteiger partial charge in [0.1, 0.15) is 0 Å². The van der Waals surface area contributed by atoms with E-state index in [-0.39, 0.29) is 12.1 Å². The Morgan fingerprint density at radius 3 is 2.29 bits per heavy atom. The first-order valence-electron chi connectivity index (χ1n) is 6.04. The number of hydrogen-bond acceptors (Lipinski definition) is 3. The lowest BCUT2D eigenvalue weighted by Crippen LogP contribution is -2.37. The van der Waals surface area contributed by atoms with Gasteiger partial charge in [-0.15, -0.1) is 0 Å². The molecule has 0 bridgehead atoms. The van der Waals surface area contributed by atoms with Crippen LogP contribution in [0.3, 0.4) is 0 Å². The van der Waals surface area contributed by atoms with E-state index in [0.29, 0.717) is 0 Å². The molecule has 8 heteroatoms. The maximum atomic E-state index is 12.4. The van der Waals surface area contributed by atoms with Crippen molar-refractivity contribution in [1.82, 2.24) is 5.32 Å². The molecule has 0 aliphatic rings. The lowest BCUT2D eigenvalue weighted by atomic mass is 10.2. The highest BCUT2D eigenvalue weighted by Gasteiger charge is 2.29. The Labute approximate surface area is 119 Å². The quantitative estimate of drug-likeness (QED) is 0.841. The van der Waals surface area contributed by atoms with Crippen LogP contribution in [0.25, 0.3) is 0 Å². The number of methoxy groups -OCH3 is 1. The molecule has 0 saturated carbocycles. The van der Waals surface area contributed by atoms with E-state index in [9.17, 15) is 22.8 Å². The first-order chi connectivity index (χ1) is 9.72. The lowest BCUT2D eigenvalue weighted by Gasteiger charge is -2.14. The second-order valence-corrected chi connectivity index (χ2v) is 4.35. The normalized spacial score (nSPS) is 12.4. The number of carbonyl (C=O) groups is 2. The summed E-state index contributed by atoms with van der Waals surface area (Å²) in [5, 5.41) is 4.84. The molecule has 1 aromatic carbocycles. The van der Waals surface area contributed by atoms with Crippen molar-refractivity contribution in [2.75, 3.05) is 12.4 Å². The number of ether oxygens (including phenoxy) is 1. The molecule has 1 rings (SSSR count). The second-order valence-electron chi connectivity index (χ2n) is 4.35. The van der Waals surface area contributed by atoms with Gasteiger partial charge in [0.05, 0.1) is 19.1 Å².